The second kappa shape index (κ2) is 7.63. The molecule has 0 amide bonds. The number of hydrogen-bond acceptors (Lipinski definition) is 3. The number of phenols is 1. The van der Waals surface area contributed by atoms with Crippen LogP contribution in [-0.2, 0) is 17.9 Å². The molecule has 0 atom stereocenters. The molecule has 0 spiro atoms. The van der Waals surface area contributed by atoms with Crippen molar-refractivity contribution in [2.75, 3.05) is 12.4 Å². The first-order valence-corrected chi connectivity index (χ1v) is 8.58. The maximum atomic E-state index is 9.73. The van der Waals surface area contributed by atoms with Crippen LogP contribution in [0.5, 0.6) is 5.75 Å². The third-order valence-corrected chi connectivity index (χ3v) is 4.92. The highest BCUT2D eigenvalue weighted by Gasteiger charge is 2.08. The number of benzene rings is 2. The maximum absolute atomic E-state index is 9.73. The maximum Gasteiger partial charge on any atom is 0.143 e. The van der Waals surface area contributed by atoms with E-state index in [0.29, 0.717) is 22.1 Å². The SMILES string of the molecule is COCc1c(Br)cccc1NCc1cc(Br)c(O)c(Br)c1. The van der Waals surface area contributed by atoms with Gasteiger partial charge in [0.2, 0.25) is 0 Å². The van der Waals surface area contributed by atoms with E-state index in [1.807, 2.05) is 30.3 Å². The minimum absolute atomic E-state index is 0.210. The van der Waals surface area contributed by atoms with Crippen LogP contribution in [-0.4, -0.2) is 12.2 Å². The van der Waals surface area contributed by atoms with Gasteiger partial charge in [-0.2, -0.15) is 0 Å². The summed E-state index contributed by atoms with van der Waals surface area (Å²) in [6.45, 7) is 1.18. The zero-order chi connectivity index (χ0) is 15.4. The van der Waals surface area contributed by atoms with Crippen LogP contribution in [0.3, 0.4) is 0 Å². The van der Waals surface area contributed by atoms with Crippen LogP contribution in [0, 0.1) is 0 Å². The summed E-state index contributed by atoms with van der Waals surface area (Å²) in [4.78, 5) is 0. The number of phenolic OH excluding ortho intramolecular Hbond substituents is 1. The summed E-state index contributed by atoms with van der Waals surface area (Å²) >= 11 is 10.2. The van der Waals surface area contributed by atoms with Gasteiger partial charge in [0, 0.05) is 29.4 Å². The van der Waals surface area contributed by atoms with E-state index in [-0.39, 0.29) is 5.75 Å². The van der Waals surface area contributed by atoms with Gasteiger partial charge in [0.1, 0.15) is 5.75 Å². The van der Waals surface area contributed by atoms with Gasteiger partial charge in [-0.1, -0.05) is 22.0 Å². The van der Waals surface area contributed by atoms with Crippen molar-refractivity contribution in [1.29, 1.82) is 0 Å². The van der Waals surface area contributed by atoms with E-state index in [4.69, 9.17) is 4.74 Å². The Labute approximate surface area is 149 Å². The molecule has 0 radical (unpaired) electrons. The average molecular weight is 480 g/mol. The highest BCUT2D eigenvalue weighted by Crippen LogP contribution is 2.34. The molecule has 2 rings (SSSR count). The minimum atomic E-state index is 0.210. The Bertz CT molecular complexity index is 624. The van der Waals surface area contributed by atoms with Crippen LogP contribution < -0.4 is 5.32 Å². The molecule has 0 bridgehead atoms. The molecule has 6 heteroatoms. The molecule has 0 fully saturated rings. The predicted molar refractivity (Wildman–Crippen MR) is 95.7 cm³/mol. The number of nitrogens with one attached hydrogen (secondary N) is 1. The Morgan fingerprint density at radius 3 is 2.38 bits per heavy atom. The van der Waals surface area contributed by atoms with Crippen molar-refractivity contribution in [1.82, 2.24) is 0 Å². The number of halogens is 3. The van der Waals surface area contributed by atoms with Crippen molar-refractivity contribution in [3.05, 3.63) is 54.9 Å². The quantitative estimate of drug-likeness (QED) is 0.600. The number of aromatic hydroxyl groups is 1. The first-order chi connectivity index (χ1) is 10.0. The molecule has 0 aliphatic rings. The fraction of sp³-hybridized carbons (Fsp3) is 0.200. The van der Waals surface area contributed by atoms with Gasteiger partial charge in [-0.25, -0.2) is 0 Å². The number of ether oxygens (including phenoxy) is 1. The molecule has 3 nitrogen and oxygen atoms in total. The van der Waals surface area contributed by atoms with E-state index in [0.717, 1.165) is 21.3 Å². The van der Waals surface area contributed by atoms with Gasteiger partial charge in [-0.05, 0) is 61.7 Å². The fourth-order valence-corrected chi connectivity index (χ4v) is 3.69. The summed E-state index contributed by atoms with van der Waals surface area (Å²) in [7, 11) is 1.68. The Morgan fingerprint density at radius 2 is 1.76 bits per heavy atom. The monoisotopic (exact) mass is 477 g/mol. The summed E-state index contributed by atoms with van der Waals surface area (Å²) in [5.74, 6) is 0.210. The van der Waals surface area contributed by atoms with Gasteiger partial charge in [0.15, 0.2) is 0 Å². The van der Waals surface area contributed by atoms with Crippen molar-refractivity contribution in [2.45, 2.75) is 13.2 Å². The summed E-state index contributed by atoms with van der Waals surface area (Å²) in [5.41, 5.74) is 3.15. The lowest BCUT2D eigenvalue weighted by molar-refractivity contribution is 0.185. The third-order valence-electron chi connectivity index (χ3n) is 2.97. The van der Waals surface area contributed by atoms with Crippen molar-refractivity contribution in [3.63, 3.8) is 0 Å². The summed E-state index contributed by atoms with van der Waals surface area (Å²) in [6.07, 6.45) is 0. The van der Waals surface area contributed by atoms with Gasteiger partial charge in [-0.15, -0.1) is 0 Å². The average Bonchev–Trinajstić information content (AvgIpc) is 2.45. The molecule has 0 heterocycles. The molecule has 2 aromatic carbocycles. The Balaban J connectivity index is 2.19. The van der Waals surface area contributed by atoms with Crippen molar-refractivity contribution in [2.24, 2.45) is 0 Å². The van der Waals surface area contributed by atoms with E-state index < -0.39 is 0 Å². The Morgan fingerprint density at radius 1 is 1.10 bits per heavy atom. The molecule has 0 aliphatic heterocycles. The predicted octanol–water partition coefficient (Wildman–Crippen LogP) is 5.44. The van der Waals surface area contributed by atoms with Crippen LogP contribution in [0.25, 0.3) is 0 Å². The molecule has 2 aromatic rings. The van der Waals surface area contributed by atoms with Crippen molar-refractivity contribution >= 4 is 53.5 Å². The molecular formula is C15H14Br3NO2. The fourth-order valence-electron chi connectivity index (χ4n) is 1.93. The molecule has 0 aliphatic carbocycles. The van der Waals surface area contributed by atoms with Gasteiger partial charge < -0.3 is 15.2 Å². The van der Waals surface area contributed by atoms with Crippen LogP contribution in [0.1, 0.15) is 11.1 Å². The number of hydrogen-bond donors (Lipinski definition) is 2. The minimum Gasteiger partial charge on any atom is -0.506 e. The van der Waals surface area contributed by atoms with Crippen molar-refractivity contribution in [3.8, 4) is 5.75 Å². The first kappa shape index (κ1) is 16.8. The first-order valence-electron chi connectivity index (χ1n) is 6.20. The number of rotatable bonds is 5. The van der Waals surface area contributed by atoms with Crippen LogP contribution in [0.4, 0.5) is 5.69 Å². The second-order valence-electron chi connectivity index (χ2n) is 4.46. The molecule has 2 N–H and O–H groups in total. The Kier molecular flexibility index (Phi) is 6.10. The smallest absolute Gasteiger partial charge is 0.143 e. The van der Waals surface area contributed by atoms with E-state index in [1.54, 1.807) is 7.11 Å². The lowest BCUT2D eigenvalue weighted by Crippen LogP contribution is -2.04. The standard InChI is InChI=1S/C15H14Br3NO2/c1-21-8-10-11(16)3-2-4-14(10)19-7-9-5-12(17)15(20)13(18)6-9/h2-6,19-20H,7-8H2,1H3. The number of methoxy groups -OCH3 is 1. The van der Waals surface area contributed by atoms with Crippen LogP contribution in [0.15, 0.2) is 43.7 Å². The molecule has 112 valence electrons. The zero-order valence-electron chi connectivity index (χ0n) is 11.3. The Hall–Kier alpha value is -0.560. The third kappa shape index (κ3) is 4.22. The molecule has 0 saturated carbocycles. The highest BCUT2D eigenvalue weighted by molar-refractivity contribution is 9.11. The molecular weight excluding hydrogens is 466 g/mol. The van der Waals surface area contributed by atoms with E-state index >= 15 is 0 Å². The van der Waals surface area contributed by atoms with Crippen LogP contribution in [0.2, 0.25) is 0 Å². The topological polar surface area (TPSA) is 41.5 Å². The molecule has 0 aromatic heterocycles. The largest absolute Gasteiger partial charge is 0.506 e. The van der Waals surface area contributed by atoms with Gasteiger partial charge in [-0.3, -0.25) is 0 Å². The van der Waals surface area contributed by atoms with E-state index in [2.05, 4.69) is 53.1 Å². The van der Waals surface area contributed by atoms with Crippen LogP contribution >= 0.6 is 47.8 Å². The zero-order valence-corrected chi connectivity index (χ0v) is 16.0. The summed E-state index contributed by atoms with van der Waals surface area (Å²) < 4.78 is 7.59. The molecule has 0 unspecified atom stereocenters. The van der Waals surface area contributed by atoms with Gasteiger partial charge in [0.25, 0.3) is 0 Å². The molecule has 0 saturated heterocycles. The lowest BCUT2D eigenvalue weighted by Gasteiger charge is -2.14. The van der Waals surface area contributed by atoms with Gasteiger partial charge >= 0.3 is 0 Å². The highest BCUT2D eigenvalue weighted by atomic mass is 79.9. The van der Waals surface area contributed by atoms with E-state index in [9.17, 15) is 5.11 Å². The summed E-state index contributed by atoms with van der Waals surface area (Å²) in [5, 5.41) is 13.1. The van der Waals surface area contributed by atoms with Gasteiger partial charge in [0.05, 0.1) is 15.6 Å². The molecule has 21 heavy (non-hydrogen) atoms. The second-order valence-corrected chi connectivity index (χ2v) is 7.02. The number of anilines is 1. The summed E-state index contributed by atoms with van der Waals surface area (Å²) in [6, 6.07) is 9.77. The normalized spacial score (nSPS) is 10.7. The lowest BCUT2D eigenvalue weighted by atomic mass is 10.1. The van der Waals surface area contributed by atoms with Crippen molar-refractivity contribution < 1.29 is 9.84 Å². The van der Waals surface area contributed by atoms with E-state index in [1.165, 1.54) is 0 Å².